The molecule has 0 unspecified atom stereocenters. The Hall–Kier alpha value is -1.89. The van der Waals surface area contributed by atoms with Gasteiger partial charge in [-0.05, 0) is 48.2 Å². The van der Waals surface area contributed by atoms with E-state index < -0.39 is 0 Å². The number of amides is 1. The van der Waals surface area contributed by atoms with Crippen LogP contribution < -0.4 is 0 Å². The molecule has 1 aromatic carbocycles. The number of hydrogen-bond acceptors (Lipinski definition) is 5. The van der Waals surface area contributed by atoms with Crippen molar-refractivity contribution in [3.8, 4) is 5.69 Å². The Morgan fingerprint density at radius 2 is 1.96 bits per heavy atom. The fourth-order valence-electron chi connectivity index (χ4n) is 2.68. The molecular weight excluding hydrogens is 310 g/mol. The molecule has 6 nitrogen and oxygen atoms in total. The number of piperidine rings is 1. The first-order valence-corrected chi connectivity index (χ1v) is 8.82. The zero-order chi connectivity index (χ0) is 16.2. The van der Waals surface area contributed by atoms with Crippen LogP contribution in [0.3, 0.4) is 0 Å². The van der Waals surface area contributed by atoms with E-state index in [1.165, 1.54) is 11.8 Å². The predicted molar refractivity (Wildman–Crippen MR) is 89.5 cm³/mol. The number of likely N-dealkylation sites (tertiary alicyclic amines) is 1. The van der Waals surface area contributed by atoms with Crippen LogP contribution in [0.2, 0.25) is 0 Å². The minimum absolute atomic E-state index is 0.171. The molecule has 0 aliphatic carbocycles. The Morgan fingerprint density at radius 1 is 1.26 bits per heavy atom. The van der Waals surface area contributed by atoms with Crippen molar-refractivity contribution in [3.05, 3.63) is 30.3 Å². The summed E-state index contributed by atoms with van der Waals surface area (Å²) in [7, 11) is 0. The van der Waals surface area contributed by atoms with E-state index in [1.807, 2.05) is 42.2 Å². The van der Waals surface area contributed by atoms with Gasteiger partial charge in [0.2, 0.25) is 11.1 Å². The van der Waals surface area contributed by atoms with Crippen molar-refractivity contribution in [2.75, 3.05) is 13.1 Å². The highest BCUT2D eigenvalue weighted by atomic mass is 32.2. The molecule has 0 spiro atoms. The Kier molecular flexibility index (Phi) is 4.95. The lowest BCUT2D eigenvalue weighted by atomic mass is 9.99. The van der Waals surface area contributed by atoms with Crippen LogP contribution in [0.5, 0.6) is 0 Å². The number of tetrazole rings is 1. The molecule has 1 fully saturated rings. The number of thioether (sulfide) groups is 1. The van der Waals surface area contributed by atoms with E-state index in [1.54, 1.807) is 4.68 Å². The van der Waals surface area contributed by atoms with Gasteiger partial charge in [-0.3, -0.25) is 4.79 Å². The molecule has 2 aromatic rings. The Morgan fingerprint density at radius 3 is 2.65 bits per heavy atom. The van der Waals surface area contributed by atoms with Gasteiger partial charge in [0.15, 0.2) is 0 Å². The van der Waals surface area contributed by atoms with Gasteiger partial charge in [0, 0.05) is 13.1 Å². The average Bonchev–Trinajstić information content (AvgIpc) is 3.04. The highest BCUT2D eigenvalue weighted by Crippen LogP contribution is 2.25. The lowest BCUT2D eigenvalue weighted by molar-refractivity contribution is -0.131. The summed E-state index contributed by atoms with van der Waals surface area (Å²) in [6, 6.07) is 9.71. The van der Waals surface area contributed by atoms with Crippen LogP contribution in [0.25, 0.3) is 5.69 Å². The molecule has 0 radical (unpaired) electrons. The van der Waals surface area contributed by atoms with E-state index in [0.29, 0.717) is 11.1 Å². The topological polar surface area (TPSA) is 63.9 Å². The molecule has 1 aromatic heterocycles. The number of carbonyl (C=O) groups is 1. The molecule has 3 rings (SSSR count). The van der Waals surface area contributed by atoms with Crippen LogP contribution >= 0.6 is 11.8 Å². The van der Waals surface area contributed by atoms with Gasteiger partial charge in [-0.25, -0.2) is 0 Å². The monoisotopic (exact) mass is 331 g/mol. The zero-order valence-corrected chi connectivity index (χ0v) is 14.2. The van der Waals surface area contributed by atoms with Crippen LogP contribution in [0.1, 0.15) is 26.7 Å². The quantitative estimate of drug-likeness (QED) is 0.805. The van der Waals surface area contributed by atoms with Gasteiger partial charge in [-0.15, -0.1) is 5.10 Å². The van der Waals surface area contributed by atoms with E-state index in [9.17, 15) is 4.79 Å². The van der Waals surface area contributed by atoms with Crippen LogP contribution in [0.15, 0.2) is 35.5 Å². The van der Waals surface area contributed by atoms with Crippen LogP contribution in [-0.2, 0) is 4.79 Å². The number of nitrogens with zero attached hydrogens (tertiary/aromatic N) is 5. The molecular formula is C16H21N5OS. The third kappa shape index (κ3) is 3.72. The van der Waals surface area contributed by atoms with Crippen LogP contribution in [0, 0.1) is 5.92 Å². The van der Waals surface area contributed by atoms with Crippen LogP contribution in [0.4, 0.5) is 0 Å². The van der Waals surface area contributed by atoms with Gasteiger partial charge in [0.1, 0.15) is 0 Å². The van der Waals surface area contributed by atoms with Crippen molar-refractivity contribution < 1.29 is 4.79 Å². The minimum Gasteiger partial charge on any atom is -0.342 e. The van der Waals surface area contributed by atoms with Crippen molar-refractivity contribution >= 4 is 17.7 Å². The first-order valence-electron chi connectivity index (χ1n) is 7.94. The molecule has 0 saturated carbocycles. The SMILES string of the molecule is CC1CCN(C(=O)[C@@H](C)Sc2nnnn2-c2ccccc2)CC1. The van der Waals surface area contributed by atoms with Gasteiger partial charge in [-0.2, -0.15) is 4.68 Å². The van der Waals surface area contributed by atoms with E-state index in [4.69, 9.17) is 0 Å². The van der Waals surface area contributed by atoms with Gasteiger partial charge in [0.25, 0.3) is 0 Å². The van der Waals surface area contributed by atoms with Gasteiger partial charge < -0.3 is 4.90 Å². The summed E-state index contributed by atoms with van der Waals surface area (Å²) >= 11 is 1.41. The normalized spacial score (nSPS) is 17.2. The first kappa shape index (κ1) is 16.0. The molecule has 2 heterocycles. The van der Waals surface area contributed by atoms with Gasteiger partial charge in [0.05, 0.1) is 10.9 Å². The molecule has 1 aliphatic heterocycles. The number of rotatable bonds is 4. The van der Waals surface area contributed by atoms with Crippen molar-refractivity contribution in [3.63, 3.8) is 0 Å². The first-order chi connectivity index (χ1) is 11.1. The fraction of sp³-hybridized carbons (Fsp3) is 0.500. The maximum Gasteiger partial charge on any atom is 0.235 e. The zero-order valence-electron chi connectivity index (χ0n) is 13.4. The number of benzene rings is 1. The summed E-state index contributed by atoms with van der Waals surface area (Å²) in [6.07, 6.45) is 2.18. The minimum atomic E-state index is -0.197. The number of para-hydroxylation sites is 1. The van der Waals surface area contributed by atoms with Crippen molar-refractivity contribution in [2.45, 2.75) is 37.1 Å². The summed E-state index contributed by atoms with van der Waals surface area (Å²) in [6.45, 7) is 5.88. The van der Waals surface area contributed by atoms with Gasteiger partial charge in [-0.1, -0.05) is 36.9 Å². The maximum atomic E-state index is 12.6. The summed E-state index contributed by atoms with van der Waals surface area (Å²) in [5.74, 6) is 0.886. The second kappa shape index (κ2) is 7.12. The van der Waals surface area contributed by atoms with Crippen molar-refractivity contribution in [1.82, 2.24) is 25.1 Å². The summed E-state index contributed by atoms with van der Waals surface area (Å²) in [4.78, 5) is 14.6. The molecule has 0 N–H and O–H groups in total. The number of aromatic nitrogens is 4. The maximum absolute atomic E-state index is 12.6. The summed E-state index contributed by atoms with van der Waals surface area (Å²) in [5.41, 5.74) is 0.895. The average molecular weight is 331 g/mol. The second-order valence-corrected chi connectivity index (χ2v) is 7.28. The number of carbonyl (C=O) groups excluding carboxylic acids is 1. The molecule has 1 aliphatic rings. The molecule has 23 heavy (non-hydrogen) atoms. The van der Waals surface area contributed by atoms with Crippen molar-refractivity contribution in [1.29, 1.82) is 0 Å². The van der Waals surface area contributed by atoms with E-state index >= 15 is 0 Å². The van der Waals surface area contributed by atoms with Crippen molar-refractivity contribution in [2.24, 2.45) is 5.92 Å². The molecule has 122 valence electrons. The number of hydrogen-bond donors (Lipinski definition) is 0. The predicted octanol–water partition coefficient (Wildman–Crippen LogP) is 2.40. The molecule has 1 atom stereocenters. The Balaban J connectivity index is 1.68. The van der Waals surface area contributed by atoms with E-state index in [-0.39, 0.29) is 11.2 Å². The summed E-state index contributed by atoms with van der Waals surface area (Å²) < 4.78 is 1.67. The van der Waals surface area contributed by atoms with E-state index in [0.717, 1.165) is 31.6 Å². The molecule has 0 bridgehead atoms. The third-order valence-corrected chi connectivity index (χ3v) is 5.19. The lowest BCUT2D eigenvalue weighted by Crippen LogP contribution is -2.41. The molecule has 7 heteroatoms. The van der Waals surface area contributed by atoms with Gasteiger partial charge >= 0.3 is 0 Å². The van der Waals surface area contributed by atoms with E-state index in [2.05, 4.69) is 22.4 Å². The largest absolute Gasteiger partial charge is 0.342 e. The Bertz CT molecular complexity index is 652. The smallest absolute Gasteiger partial charge is 0.235 e. The highest BCUT2D eigenvalue weighted by Gasteiger charge is 2.26. The highest BCUT2D eigenvalue weighted by molar-refractivity contribution is 8.00. The standard InChI is InChI=1S/C16H21N5OS/c1-12-8-10-20(11-9-12)15(22)13(2)23-16-17-18-19-21(16)14-6-4-3-5-7-14/h3-7,12-13H,8-11H2,1-2H3/t13-/m1/s1. The Labute approximate surface area is 140 Å². The van der Waals surface area contributed by atoms with Crippen LogP contribution in [-0.4, -0.2) is 49.4 Å². The molecule has 1 saturated heterocycles. The molecule has 1 amide bonds. The lowest BCUT2D eigenvalue weighted by Gasteiger charge is -2.31. The summed E-state index contributed by atoms with van der Waals surface area (Å²) in [5, 5.41) is 12.3. The fourth-order valence-corrected chi connectivity index (χ4v) is 3.57. The third-order valence-electron chi connectivity index (χ3n) is 4.17. The second-order valence-electron chi connectivity index (χ2n) is 5.98.